The van der Waals surface area contributed by atoms with Gasteiger partial charge < -0.3 is 5.73 Å². The van der Waals surface area contributed by atoms with Gasteiger partial charge in [-0.25, -0.2) is 14.6 Å². The van der Waals surface area contributed by atoms with Gasteiger partial charge in [0.25, 0.3) is 0 Å². The van der Waals surface area contributed by atoms with Crippen molar-refractivity contribution in [3.63, 3.8) is 0 Å². The predicted octanol–water partition coefficient (Wildman–Crippen LogP) is 0.163. The molecule has 2 heterocycles. The van der Waals surface area contributed by atoms with Gasteiger partial charge in [0, 0.05) is 31.1 Å². The van der Waals surface area contributed by atoms with E-state index in [9.17, 15) is 0 Å². The van der Waals surface area contributed by atoms with Crippen LogP contribution in [0.15, 0.2) is 30.7 Å². The molecule has 0 amide bonds. The smallest absolute Gasteiger partial charge is 0.156 e. The lowest BCUT2D eigenvalue weighted by Crippen LogP contribution is -2.08. The zero-order valence-electron chi connectivity index (χ0n) is 7.67. The summed E-state index contributed by atoms with van der Waals surface area (Å²) in [6.45, 7) is 0.558. The fraction of sp³-hybridized carbons (Fsp3) is 0.222. The number of aromatic nitrogens is 4. The number of rotatable bonds is 3. The fourth-order valence-corrected chi connectivity index (χ4v) is 1.17. The summed E-state index contributed by atoms with van der Waals surface area (Å²) in [5, 5.41) is 4.08. The standard InChI is InChI=1S/C9H11N5/c10-4-2-8-11-6-3-9(13-8)14-7-1-5-12-14/h1,3,5-7H,2,4,10H2. The summed E-state index contributed by atoms with van der Waals surface area (Å²) in [5.74, 6) is 1.52. The zero-order valence-corrected chi connectivity index (χ0v) is 7.67. The van der Waals surface area contributed by atoms with Crippen molar-refractivity contribution in [2.45, 2.75) is 6.42 Å². The molecule has 0 aliphatic carbocycles. The maximum atomic E-state index is 5.43. The Labute approximate surface area is 81.6 Å². The highest BCUT2D eigenvalue weighted by atomic mass is 15.3. The second-order valence-electron chi connectivity index (χ2n) is 2.82. The first-order chi connectivity index (χ1) is 6.90. The van der Waals surface area contributed by atoms with Gasteiger partial charge >= 0.3 is 0 Å². The molecule has 0 aromatic carbocycles. The molecule has 0 bridgehead atoms. The quantitative estimate of drug-likeness (QED) is 0.746. The molecule has 2 rings (SSSR count). The van der Waals surface area contributed by atoms with E-state index in [4.69, 9.17) is 5.73 Å². The van der Waals surface area contributed by atoms with E-state index in [2.05, 4.69) is 15.1 Å². The van der Waals surface area contributed by atoms with E-state index < -0.39 is 0 Å². The van der Waals surface area contributed by atoms with E-state index in [1.807, 2.05) is 18.3 Å². The molecule has 0 spiro atoms. The Morgan fingerprint density at radius 1 is 1.36 bits per heavy atom. The third-order valence-corrected chi connectivity index (χ3v) is 1.80. The van der Waals surface area contributed by atoms with Crippen LogP contribution in [0.5, 0.6) is 0 Å². The van der Waals surface area contributed by atoms with Crippen LogP contribution in [0.1, 0.15) is 5.82 Å². The van der Waals surface area contributed by atoms with Gasteiger partial charge in [-0.05, 0) is 12.6 Å². The van der Waals surface area contributed by atoms with Crippen molar-refractivity contribution in [3.8, 4) is 5.82 Å². The van der Waals surface area contributed by atoms with Crippen molar-refractivity contribution >= 4 is 0 Å². The molecule has 0 saturated carbocycles. The summed E-state index contributed by atoms with van der Waals surface area (Å²) in [4.78, 5) is 8.42. The predicted molar refractivity (Wildman–Crippen MR) is 51.9 cm³/mol. The van der Waals surface area contributed by atoms with Crippen molar-refractivity contribution in [1.82, 2.24) is 19.7 Å². The highest BCUT2D eigenvalue weighted by Gasteiger charge is 1.99. The Kier molecular flexibility index (Phi) is 2.51. The summed E-state index contributed by atoms with van der Waals surface area (Å²) in [6.07, 6.45) is 5.96. The molecule has 72 valence electrons. The van der Waals surface area contributed by atoms with E-state index in [0.29, 0.717) is 13.0 Å². The van der Waals surface area contributed by atoms with Gasteiger partial charge in [0.1, 0.15) is 5.82 Å². The van der Waals surface area contributed by atoms with Gasteiger partial charge in [0.15, 0.2) is 5.82 Å². The lowest BCUT2D eigenvalue weighted by Gasteiger charge is -2.01. The third kappa shape index (κ3) is 1.77. The molecule has 0 radical (unpaired) electrons. The van der Waals surface area contributed by atoms with Gasteiger partial charge in [-0.15, -0.1) is 0 Å². The van der Waals surface area contributed by atoms with Crippen molar-refractivity contribution in [3.05, 3.63) is 36.5 Å². The van der Waals surface area contributed by atoms with E-state index in [-0.39, 0.29) is 0 Å². The molecule has 5 heteroatoms. The first-order valence-electron chi connectivity index (χ1n) is 4.42. The van der Waals surface area contributed by atoms with E-state index in [1.165, 1.54) is 0 Å². The molecule has 5 nitrogen and oxygen atoms in total. The van der Waals surface area contributed by atoms with Gasteiger partial charge in [-0.3, -0.25) is 0 Å². The molecule has 2 aromatic rings. The van der Waals surface area contributed by atoms with Crippen LogP contribution in [0.3, 0.4) is 0 Å². The highest BCUT2D eigenvalue weighted by molar-refractivity contribution is 5.19. The molecule has 14 heavy (non-hydrogen) atoms. The topological polar surface area (TPSA) is 69.6 Å². The molecule has 0 atom stereocenters. The number of nitrogens with two attached hydrogens (primary N) is 1. The van der Waals surface area contributed by atoms with Gasteiger partial charge in [-0.1, -0.05) is 0 Å². The Hall–Kier alpha value is -1.75. The molecule has 0 fully saturated rings. The van der Waals surface area contributed by atoms with Crippen LogP contribution in [0, 0.1) is 0 Å². The monoisotopic (exact) mass is 189 g/mol. The molecule has 0 unspecified atom stereocenters. The fourth-order valence-electron chi connectivity index (χ4n) is 1.17. The maximum absolute atomic E-state index is 5.43. The third-order valence-electron chi connectivity index (χ3n) is 1.80. The van der Waals surface area contributed by atoms with Crippen molar-refractivity contribution in [2.24, 2.45) is 5.73 Å². The first kappa shape index (κ1) is 8.83. The zero-order chi connectivity index (χ0) is 9.80. The Bertz CT molecular complexity index is 395. The summed E-state index contributed by atoms with van der Waals surface area (Å²) >= 11 is 0. The van der Waals surface area contributed by atoms with Crippen LogP contribution in [-0.2, 0) is 6.42 Å². The van der Waals surface area contributed by atoms with Crippen molar-refractivity contribution < 1.29 is 0 Å². The minimum atomic E-state index is 0.558. The Morgan fingerprint density at radius 3 is 3.00 bits per heavy atom. The van der Waals surface area contributed by atoms with Crippen molar-refractivity contribution in [1.29, 1.82) is 0 Å². The molecular formula is C9H11N5. The minimum Gasteiger partial charge on any atom is -0.330 e. The van der Waals surface area contributed by atoms with Crippen LogP contribution >= 0.6 is 0 Å². The molecule has 0 aliphatic rings. The summed E-state index contributed by atoms with van der Waals surface area (Å²) in [7, 11) is 0. The van der Waals surface area contributed by atoms with Crippen LogP contribution in [0.2, 0.25) is 0 Å². The van der Waals surface area contributed by atoms with E-state index in [1.54, 1.807) is 17.1 Å². The van der Waals surface area contributed by atoms with Crippen LogP contribution < -0.4 is 5.73 Å². The molecule has 0 aliphatic heterocycles. The number of hydrogen-bond acceptors (Lipinski definition) is 4. The Balaban J connectivity index is 2.31. The minimum absolute atomic E-state index is 0.558. The Morgan fingerprint density at radius 2 is 2.29 bits per heavy atom. The first-order valence-corrected chi connectivity index (χ1v) is 4.42. The van der Waals surface area contributed by atoms with Crippen molar-refractivity contribution in [2.75, 3.05) is 6.54 Å². The largest absolute Gasteiger partial charge is 0.330 e. The van der Waals surface area contributed by atoms with Crippen LogP contribution in [0.25, 0.3) is 5.82 Å². The average molecular weight is 189 g/mol. The second-order valence-corrected chi connectivity index (χ2v) is 2.82. The lowest BCUT2D eigenvalue weighted by atomic mass is 10.4. The highest BCUT2D eigenvalue weighted by Crippen LogP contribution is 2.01. The van der Waals surface area contributed by atoms with Crippen LogP contribution in [0.4, 0.5) is 0 Å². The van der Waals surface area contributed by atoms with E-state index in [0.717, 1.165) is 11.6 Å². The average Bonchev–Trinajstić information content (AvgIpc) is 2.71. The van der Waals surface area contributed by atoms with E-state index >= 15 is 0 Å². The molecular weight excluding hydrogens is 178 g/mol. The molecule has 0 saturated heterocycles. The number of nitrogens with zero attached hydrogens (tertiary/aromatic N) is 4. The SMILES string of the molecule is NCCc1nccc(-n2cccn2)n1. The summed E-state index contributed by atoms with van der Waals surface area (Å²) in [5.41, 5.74) is 5.43. The summed E-state index contributed by atoms with van der Waals surface area (Å²) < 4.78 is 1.70. The maximum Gasteiger partial charge on any atom is 0.156 e. The number of hydrogen-bond donors (Lipinski definition) is 1. The van der Waals surface area contributed by atoms with Gasteiger partial charge in [0.05, 0.1) is 0 Å². The normalized spacial score (nSPS) is 10.4. The lowest BCUT2D eigenvalue weighted by molar-refractivity contribution is 0.798. The second kappa shape index (κ2) is 3.97. The molecule has 2 N–H and O–H groups in total. The summed E-state index contributed by atoms with van der Waals surface area (Å²) in [6, 6.07) is 3.66. The molecule has 2 aromatic heterocycles. The van der Waals surface area contributed by atoms with Crippen LogP contribution in [-0.4, -0.2) is 26.3 Å². The van der Waals surface area contributed by atoms with Gasteiger partial charge in [-0.2, -0.15) is 5.10 Å². The van der Waals surface area contributed by atoms with Gasteiger partial charge in [0.2, 0.25) is 0 Å².